The third-order valence-electron chi connectivity index (χ3n) is 2.34. The minimum absolute atomic E-state index is 0.571. The summed E-state index contributed by atoms with van der Waals surface area (Å²) in [7, 11) is 0. The van der Waals surface area contributed by atoms with Crippen LogP contribution in [-0.2, 0) is 0 Å². The normalized spacial score (nSPS) is 11.8. The van der Waals surface area contributed by atoms with Gasteiger partial charge in [-0.15, -0.1) is 0 Å². The Kier molecular flexibility index (Phi) is 2.95. The first-order chi connectivity index (χ1) is 7.81. The predicted octanol–water partition coefficient (Wildman–Crippen LogP) is 2.71. The predicted molar refractivity (Wildman–Crippen MR) is 61.0 cm³/mol. The SMILES string of the molecule is [C-]#[N+]c1ccc(C(O)c2cccnc2)cc1. The van der Waals surface area contributed by atoms with Gasteiger partial charge in [0, 0.05) is 18.0 Å². The van der Waals surface area contributed by atoms with Crippen LogP contribution in [0.5, 0.6) is 0 Å². The van der Waals surface area contributed by atoms with Gasteiger partial charge < -0.3 is 5.11 Å². The second-order valence-electron chi connectivity index (χ2n) is 3.39. The Hall–Kier alpha value is -2.18. The Balaban J connectivity index is 2.28. The first kappa shape index (κ1) is 10.3. The minimum Gasteiger partial charge on any atom is -0.384 e. The fraction of sp³-hybridized carbons (Fsp3) is 0.0769. The molecule has 3 nitrogen and oxygen atoms in total. The average molecular weight is 210 g/mol. The average Bonchev–Trinajstić information content (AvgIpc) is 2.39. The van der Waals surface area contributed by atoms with Crippen LogP contribution in [0.1, 0.15) is 17.2 Å². The number of hydrogen-bond donors (Lipinski definition) is 1. The van der Waals surface area contributed by atoms with Gasteiger partial charge in [0.15, 0.2) is 5.69 Å². The molecule has 1 atom stereocenters. The molecule has 0 saturated carbocycles. The summed E-state index contributed by atoms with van der Waals surface area (Å²) < 4.78 is 0. The van der Waals surface area contributed by atoms with Crippen molar-refractivity contribution in [1.29, 1.82) is 0 Å². The van der Waals surface area contributed by atoms with E-state index in [1.54, 1.807) is 42.7 Å². The topological polar surface area (TPSA) is 37.5 Å². The van der Waals surface area contributed by atoms with Crippen LogP contribution in [-0.4, -0.2) is 10.1 Å². The van der Waals surface area contributed by atoms with E-state index in [0.717, 1.165) is 11.1 Å². The number of aliphatic hydroxyl groups excluding tert-OH is 1. The van der Waals surface area contributed by atoms with Crippen molar-refractivity contribution in [1.82, 2.24) is 4.98 Å². The lowest BCUT2D eigenvalue weighted by atomic mass is 10.0. The lowest BCUT2D eigenvalue weighted by Crippen LogP contribution is -1.99. The fourth-order valence-corrected chi connectivity index (χ4v) is 1.46. The highest BCUT2D eigenvalue weighted by Gasteiger charge is 2.09. The van der Waals surface area contributed by atoms with Gasteiger partial charge in [-0.1, -0.05) is 30.3 Å². The van der Waals surface area contributed by atoms with Gasteiger partial charge in [-0.25, -0.2) is 4.85 Å². The van der Waals surface area contributed by atoms with Crippen molar-refractivity contribution >= 4 is 5.69 Å². The molecule has 2 rings (SSSR count). The van der Waals surface area contributed by atoms with Crippen LogP contribution in [0.4, 0.5) is 5.69 Å². The molecule has 0 aliphatic heterocycles. The molecule has 0 saturated heterocycles. The molecule has 0 fully saturated rings. The summed E-state index contributed by atoms with van der Waals surface area (Å²) in [6, 6.07) is 10.5. The lowest BCUT2D eigenvalue weighted by molar-refractivity contribution is 0.220. The molecule has 0 spiro atoms. The zero-order valence-corrected chi connectivity index (χ0v) is 8.54. The number of aromatic nitrogens is 1. The van der Waals surface area contributed by atoms with E-state index >= 15 is 0 Å². The summed E-state index contributed by atoms with van der Waals surface area (Å²) in [5.74, 6) is 0. The molecule has 16 heavy (non-hydrogen) atoms. The van der Waals surface area contributed by atoms with Crippen LogP contribution in [0.3, 0.4) is 0 Å². The highest BCUT2D eigenvalue weighted by molar-refractivity contribution is 5.46. The molecule has 0 amide bonds. The maximum absolute atomic E-state index is 10.0. The molecule has 1 aromatic heterocycles. The molecule has 2 aromatic rings. The second-order valence-corrected chi connectivity index (χ2v) is 3.39. The van der Waals surface area contributed by atoms with E-state index in [4.69, 9.17) is 6.57 Å². The first-order valence-corrected chi connectivity index (χ1v) is 4.86. The van der Waals surface area contributed by atoms with Gasteiger partial charge in [-0.05, 0) is 11.6 Å². The summed E-state index contributed by atoms with van der Waals surface area (Å²) in [6.07, 6.45) is 2.61. The van der Waals surface area contributed by atoms with Crippen LogP contribution < -0.4 is 0 Å². The zero-order chi connectivity index (χ0) is 11.4. The zero-order valence-electron chi connectivity index (χ0n) is 8.54. The van der Waals surface area contributed by atoms with Gasteiger partial charge in [-0.2, -0.15) is 0 Å². The smallest absolute Gasteiger partial charge is 0.187 e. The van der Waals surface area contributed by atoms with Gasteiger partial charge >= 0.3 is 0 Å². The molecule has 1 heterocycles. The molecule has 1 N–H and O–H groups in total. The molecule has 3 heteroatoms. The van der Waals surface area contributed by atoms with Crippen LogP contribution >= 0.6 is 0 Å². The number of aliphatic hydroxyl groups is 1. The number of pyridine rings is 1. The van der Waals surface area contributed by atoms with Gasteiger partial charge in [0.05, 0.1) is 6.57 Å². The molecule has 0 radical (unpaired) electrons. The van der Waals surface area contributed by atoms with Gasteiger partial charge in [0.1, 0.15) is 6.10 Å². The Labute approximate surface area is 93.8 Å². The van der Waals surface area contributed by atoms with Crippen LogP contribution in [0.2, 0.25) is 0 Å². The maximum Gasteiger partial charge on any atom is 0.187 e. The van der Waals surface area contributed by atoms with Crippen molar-refractivity contribution in [2.24, 2.45) is 0 Å². The molecule has 1 unspecified atom stereocenters. The van der Waals surface area contributed by atoms with Crippen molar-refractivity contribution in [3.8, 4) is 0 Å². The van der Waals surface area contributed by atoms with Crippen LogP contribution in [0.15, 0.2) is 48.8 Å². The van der Waals surface area contributed by atoms with E-state index in [1.165, 1.54) is 0 Å². The highest BCUT2D eigenvalue weighted by Crippen LogP contribution is 2.23. The Morgan fingerprint density at radius 1 is 1.12 bits per heavy atom. The summed E-state index contributed by atoms with van der Waals surface area (Å²) in [4.78, 5) is 7.26. The number of rotatable bonds is 2. The van der Waals surface area contributed by atoms with Crippen LogP contribution in [0.25, 0.3) is 4.85 Å². The number of nitrogens with zero attached hydrogens (tertiary/aromatic N) is 2. The first-order valence-electron chi connectivity index (χ1n) is 4.86. The van der Waals surface area contributed by atoms with E-state index in [-0.39, 0.29) is 0 Å². The second kappa shape index (κ2) is 4.56. The van der Waals surface area contributed by atoms with E-state index < -0.39 is 6.10 Å². The molecular formula is C13H10N2O. The minimum atomic E-state index is -0.687. The van der Waals surface area contributed by atoms with Gasteiger partial charge in [0.25, 0.3) is 0 Å². The van der Waals surface area contributed by atoms with Crippen molar-refractivity contribution in [3.63, 3.8) is 0 Å². The molecule has 78 valence electrons. The summed E-state index contributed by atoms with van der Waals surface area (Å²) in [6.45, 7) is 6.84. The molecule has 0 bridgehead atoms. The number of benzene rings is 1. The van der Waals surface area contributed by atoms with E-state index in [1.807, 2.05) is 6.07 Å². The highest BCUT2D eigenvalue weighted by atomic mass is 16.3. The molecule has 1 aromatic carbocycles. The summed E-state index contributed by atoms with van der Waals surface area (Å²) in [5, 5.41) is 10.0. The van der Waals surface area contributed by atoms with Crippen molar-refractivity contribution < 1.29 is 5.11 Å². The Bertz CT molecular complexity index is 500. The van der Waals surface area contributed by atoms with Crippen molar-refractivity contribution in [3.05, 3.63) is 71.3 Å². The van der Waals surface area contributed by atoms with E-state index in [0.29, 0.717) is 5.69 Å². The largest absolute Gasteiger partial charge is 0.384 e. The Morgan fingerprint density at radius 2 is 1.88 bits per heavy atom. The monoisotopic (exact) mass is 210 g/mol. The summed E-state index contributed by atoms with van der Waals surface area (Å²) >= 11 is 0. The molecule has 0 aliphatic rings. The fourth-order valence-electron chi connectivity index (χ4n) is 1.46. The van der Waals surface area contributed by atoms with Gasteiger partial charge in [0.2, 0.25) is 0 Å². The third kappa shape index (κ3) is 2.08. The maximum atomic E-state index is 10.0. The summed E-state index contributed by atoms with van der Waals surface area (Å²) in [5.41, 5.74) is 2.08. The Morgan fingerprint density at radius 3 is 2.44 bits per heavy atom. The lowest BCUT2D eigenvalue weighted by Gasteiger charge is -2.10. The number of hydrogen-bond acceptors (Lipinski definition) is 2. The third-order valence-corrected chi connectivity index (χ3v) is 2.34. The van der Waals surface area contributed by atoms with Crippen molar-refractivity contribution in [2.45, 2.75) is 6.10 Å². The quantitative estimate of drug-likeness (QED) is 0.774. The molecule has 0 aliphatic carbocycles. The van der Waals surface area contributed by atoms with Crippen LogP contribution in [0, 0.1) is 6.57 Å². The van der Waals surface area contributed by atoms with Crippen molar-refractivity contribution in [2.75, 3.05) is 0 Å². The van der Waals surface area contributed by atoms with Gasteiger partial charge in [-0.3, -0.25) is 4.98 Å². The van der Waals surface area contributed by atoms with E-state index in [9.17, 15) is 5.11 Å². The van der Waals surface area contributed by atoms with E-state index in [2.05, 4.69) is 9.83 Å². The standard InChI is InChI=1S/C13H10N2O/c1-14-12-6-4-10(5-7-12)13(16)11-3-2-8-15-9-11/h2-9,13,16H. The molecular weight excluding hydrogens is 200 g/mol.